The zero-order chi connectivity index (χ0) is 27.2. The minimum Gasteiger partial charge on any atom is -0.497 e. The number of carbonyl (C=O) groups is 3. The van der Waals surface area contributed by atoms with Crippen LogP contribution in [-0.4, -0.2) is 67.9 Å². The van der Waals surface area contributed by atoms with E-state index in [2.05, 4.69) is 25.0 Å². The van der Waals surface area contributed by atoms with Gasteiger partial charge in [-0.25, -0.2) is 9.69 Å². The van der Waals surface area contributed by atoms with Crippen molar-refractivity contribution in [3.63, 3.8) is 0 Å². The Kier molecular flexibility index (Phi) is 6.39. The smallest absolute Gasteiger partial charge is 0.327 e. The SMILES string of the molecule is COc1ccc2c(c1)C(=O)N(C[C@@]1(c3cc4c(ccc[n+]4O)o3)NC(=O)N(COCC[Si](C)(C)C)C1=O)C2. The zero-order valence-corrected chi connectivity index (χ0v) is 22.8. The molecule has 2 aliphatic rings. The molecule has 4 heterocycles. The largest absolute Gasteiger partial charge is 0.497 e. The van der Waals surface area contributed by atoms with Crippen LogP contribution in [-0.2, 0) is 21.6 Å². The van der Waals surface area contributed by atoms with Gasteiger partial charge < -0.3 is 24.1 Å². The summed E-state index contributed by atoms with van der Waals surface area (Å²) in [6, 6.07) is 10.2. The number of pyridine rings is 1. The van der Waals surface area contributed by atoms with Crippen LogP contribution in [0, 0.1) is 0 Å². The lowest BCUT2D eigenvalue weighted by atomic mass is 9.95. The second-order valence-electron chi connectivity index (χ2n) is 10.8. The van der Waals surface area contributed by atoms with E-state index in [1.54, 1.807) is 24.3 Å². The van der Waals surface area contributed by atoms with E-state index in [0.29, 0.717) is 29.0 Å². The second-order valence-corrected chi connectivity index (χ2v) is 16.4. The van der Waals surface area contributed by atoms with E-state index < -0.39 is 25.6 Å². The number of ether oxygens (including phenoxy) is 2. The lowest BCUT2D eigenvalue weighted by molar-refractivity contribution is -0.884. The molecule has 38 heavy (non-hydrogen) atoms. The molecule has 11 nitrogen and oxygen atoms in total. The first-order chi connectivity index (χ1) is 18.0. The molecule has 2 aromatic heterocycles. The fourth-order valence-corrected chi connectivity index (χ4v) is 5.46. The van der Waals surface area contributed by atoms with E-state index in [1.807, 2.05) is 6.07 Å². The summed E-state index contributed by atoms with van der Waals surface area (Å²) in [6.07, 6.45) is 1.43. The van der Waals surface area contributed by atoms with Gasteiger partial charge in [0, 0.05) is 37.6 Å². The number of urea groups is 1. The summed E-state index contributed by atoms with van der Waals surface area (Å²) in [5.74, 6) is -0.241. The van der Waals surface area contributed by atoms with E-state index in [1.165, 1.54) is 24.3 Å². The van der Waals surface area contributed by atoms with Crippen molar-refractivity contribution >= 4 is 37.0 Å². The van der Waals surface area contributed by atoms with E-state index >= 15 is 0 Å². The Labute approximate surface area is 220 Å². The summed E-state index contributed by atoms with van der Waals surface area (Å²) in [7, 11) is 0.157. The third-order valence-electron chi connectivity index (χ3n) is 6.90. The number of hydrogen-bond donors (Lipinski definition) is 2. The van der Waals surface area contributed by atoms with Crippen molar-refractivity contribution in [1.29, 1.82) is 0 Å². The average Bonchev–Trinajstić information content (AvgIpc) is 3.51. The number of nitrogens with one attached hydrogen (secondary N) is 1. The molecule has 3 aromatic rings. The van der Waals surface area contributed by atoms with Crippen LogP contribution in [0.2, 0.25) is 25.7 Å². The number of imide groups is 1. The van der Waals surface area contributed by atoms with Crippen LogP contribution in [0.25, 0.3) is 11.1 Å². The van der Waals surface area contributed by atoms with Crippen LogP contribution in [0.5, 0.6) is 5.75 Å². The molecular weight excluding hydrogens is 508 g/mol. The molecule has 2 aliphatic heterocycles. The molecule has 0 aliphatic carbocycles. The van der Waals surface area contributed by atoms with Crippen LogP contribution in [0.3, 0.4) is 0 Å². The number of hydrogen-bond acceptors (Lipinski definition) is 7. The van der Waals surface area contributed by atoms with E-state index in [-0.39, 0.29) is 31.5 Å². The van der Waals surface area contributed by atoms with Gasteiger partial charge in [-0.15, -0.1) is 0 Å². The standard InChI is InChI=1S/C26H30N4O7Si/c1-35-18-8-7-17-14-28(23(31)19(17)12-18)15-26(22-13-20-21(37-22)6-5-9-30(20)34)24(32)29(25(33)27-26)16-36-10-11-38(2,3)4/h5-9,12-13H,10-11,14-16H2,1-4H3,(H-,27,33,34)/p+1/t26-/m0/s1. The van der Waals surface area contributed by atoms with Crippen molar-refractivity contribution in [2.75, 3.05) is 27.0 Å². The molecular formula is C26H31N4O7Si+. The van der Waals surface area contributed by atoms with Crippen molar-refractivity contribution < 1.29 is 38.2 Å². The Balaban J connectivity index is 1.48. The van der Waals surface area contributed by atoms with E-state index in [4.69, 9.17) is 13.9 Å². The molecule has 4 amide bonds. The third-order valence-corrected chi connectivity index (χ3v) is 8.60. The second kappa shape index (κ2) is 9.44. The number of nitrogens with zero attached hydrogens (tertiary/aromatic N) is 3. The molecule has 1 atom stereocenters. The summed E-state index contributed by atoms with van der Waals surface area (Å²) < 4.78 is 17.9. The molecule has 0 saturated carbocycles. The molecule has 1 fully saturated rings. The molecule has 0 spiro atoms. The number of fused-ring (bicyclic) bond motifs is 2. The predicted octanol–water partition coefficient (Wildman–Crippen LogP) is 2.68. The summed E-state index contributed by atoms with van der Waals surface area (Å²) >= 11 is 0. The van der Waals surface area contributed by atoms with Crippen molar-refractivity contribution in [3.05, 3.63) is 59.5 Å². The Hall–Kier alpha value is -3.90. The molecule has 2 N–H and O–H groups in total. The van der Waals surface area contributed by atoms with Crippen LogP contribution >= 0.6 is 0 Å². The molecule has 0 unspecified atom stereocenters. The third kappa shape index (κ3) is 4.49. The van der Waals surface area contributed by atoms with Gasteiger partial charge in [0.2, 0.25) is 11.8 Å². The minimum atomic E-state index is -1.72. The van der Waals surface area contributed by atoms with Gasteiger partial charge in [-0.1, -0.05) is 25.7 Å². The first kappa shape index (κ1) is 25.7. The highest BCUT2D eigenvalue weighted by molar-refractivity contribution is 6.76. The number of methoxy groups -OCH3 is 1. The van der Waals surface area contributed by atoms with Gasteiger partial charge in [0.1, 0.15) is 18.2 Å². The topological polar surface area (TPSA) is 125 Å². The van der Waals surface area contributed by atoms with Gasteiger partial charge in [0.05, 0.1) is 19.7 Å². The maximum Gasteiger partial charge on any atom is 0.327 e. The number of amides is 4. The number of aromatic nitrogens is 1. The average molecular weight is 540 g/mol. The Morgan fingerprint density at radius 3 is 2.68 bits per heavy atom. The Morgan fingerprint density at radius 1 is 1.18 bits per heavy atom. The first-order valence-electron chi connectivity index (χ1n) is 12.3. The fourth-order valence-electron chi connectivity index (χ4n) is 4.71. The first-order valence-corrected chi connectivity index (χ1v) is 16.1. The van der Waals surface area contributed by atoms with E-state index in [0.717, 1.165) is 21.2 Å². The molecule has 1 saturated heterocycles. The molecule has 12 heteroatoms. The number of benzene rings is 1. The highest BCUT2D eigenvalue weighted by Crippen LogP contribution is 2.36. The summed E-state index contributed by atoms with van der Waals surface area (Å²) in [5, 5.41) is 13.0. The van der Waals surface area contributed by atoms with Gasteiger partial charge in [-0.05, 0) is 29.8 Å². The van der Waals surface area contributed by atoms with Crippen LogP contribution in [0.1, 0.15) is 21.7 Å². The number of furan rings is 1. The number of rotatable bonds is 9. The monoisotopic (exact) mass is 539 g/mol. The quantitative estimate of drug-likeness (QED) is 0.141. The zero-order valence-electron chi connectivity index (χ0n) is 21.8. The predicted molar refractivity (Wildman–Crippen MR) is 137 cm³/mol. The van der Waals surface area contributed by atoms with E-state index in [9.17, 15) is 19.6 Å². The molecule has 0 bridgehead atoms. The maximum absolute atomic E-state index is 13.9. The highest BCUT2D eigenvalue weighted by Gasteiger charge is 2.57. The highest BCUT2D eigenvalue weighted by atomic mass is 28.3. The normalized spacial score (nSPS) is 19.4. The summed E-state index contributed by atoms with van der Waals surface area (Å²) in [4.78, 5) is 42.9. The van der Waals surface area contributed by atoms with Gasteiger partial charge in [-0.3, -0.25) is 14.8 Å². The lowest BCUT2D eigenvalue weighted by Gasteiger charge is -2.29. The van der Waals surface area contributed by atoms with Crippen molar-refractivity contribution in [2.24, 2.45) is 0 Å². The molecule has 0 radical (unpaired) electrons. The molecule has 1 aromatic carbocycles. The van der Waals surface area contributed by atoms with Crippen molar-refractivity contribution in [2.45, 2.75) is 37.8 Å². The van der Waals surface area contributed by atoms with Crippen LogP contribution in [0.15, 0.2) is 47.0 Å². The van der Waals surface area contributed by atoms with Crippen LogP contribution in [0.4, 0.5) is 4.79 Å². The minimum absolute atomic E-state index is 0.103. The summed E-state index contributed by atoms with van der Waals surface area (Å²) in [5.41, 5.74) is 0.173. The van der Waals surface area contributed by atoms with Gasteiger partial charge in [0.15, 0.2) is 5.54 Å². The van der Waals surface area contributed by atoms with Crippen molar-refractivity contribution in [1.82, 2.24) is 15.1 Å². The van der Waals surface area contributed by atoms with Gasteiger partial charge in [0.25, 0.3) is 11.8 Å². The maximum atomic E-state index is 13.9. The number of carbonyl (C=O) groups excluding carboxylic acids is 3. The molecule has 200 valence electrons. The molecule has 5 rings (SSSR count). The lowest BCUT2D eigenvalue weighted by Crippen LogP contribution is -2.52. The fraction of sp³-hybridized carbons (Fsp3) is 0.385. The Bertz CT molecular complexity index is 1430. The van der Waals surface area contributed by atoms with Crippen LogP contribution < -0.4 is 14.8 Å². The Morgan fingerprint density at radius 2 is 1.97 bits per heavy atom. The summed E-state index contributed by atoms with van der Waals surface area (Å²) in [6.45, 7) is 6.92. The van der Waals surface area contributed by atoms with Gasteiger partial charge in [-0.2, -0.15) is 0 Å². The van der Waals surface area contributed by atoms with Crippen molar-refractivity contribution in [3.8, 4) is 5.75 Å². The van der Waals surface area contributed by atoms with Gasteiger partial charge >= 0.3 is 11.5 Å².